The average Bonchev–Trinajstić information content (AvgIpc) is 1.79. The number of nitrogens with one attached hydrogen (secondary N) is 1. The molecule has 0 heterocycles. The molecule has 0 saturated heterocycles. The summed E-state index contributed by atoms with van der Waals surface area (Å²) in [4.78, 5) is 11.4. The molecule has 0 aromatic carbocycles. The summed E-state index contributed by atoms with van der Waals surface area (Å²) in [5, 5.41) is 12.3. The lowest BCUT2D eigenvalue weighted by atomic mass is 9.88. The van der Waals surface area contributed by atoms with Gasteiger partial charge in [0.25, 0.3) is 0 Å². The summed E-state index contributed by atoms with van der Waals surface area (Å²) in [7, 11) is 0. The second-order valence-electron chi connectivity index (χ2n) is 5.51. The molecule has 0 aliphatic carbocycles. The lowest BCUT2D eigenvalue weighted by Crippen LogP contribution is -2.49. The second-order valence-corrected chi connectivity index (χ2v) is 5.51. The Bertz CT molecular complexity index is 186. The Labute approximate surface area is 80.5 Å². The van der Waals surface area contributed by atoms with Crippen LogP contribution in [0, 0.1) is 5.41 Å². The first kappa shape index (κ1) is 12.4. The van der Waals surface area contributed by atoms with Gasteiger partial charge in [-0.3, -0.25) is 4.79 Å². The molecular formula is C10H21NO2. The summed E-state index contributed by atoms with van der Waals surface area (Å²) >= 11 is 0. The van der Waals surface area contributed by atoms with E-state index in [2.05, 4.69) is 5.32 Å². The Hall–Kier alpha value is -0.570. The van der Waals surface area contributed by atoms with Crippen LogP contribution in [-0.4, -0.2) is 22.7 Å². The van der Waals surface area contributed by atoms with E-state index >= 15 is 0 Å². The fourth-order valence-electron chi connectivity index (χ4n) is 0.831. The van der Waals surface area contributed by atoms with Gasteiger partial charge in [-0.15, -0.1) is 0 Å². The third kappa shape index (κ3) is 4.88. The van der Waals surface area contributed by atoms with Crippen LogP contribution in [0.4, 0.5) is 0 Å². The van der Waals surface area contributed by atoms with E-state index in [1.807, 2.05) is 41.5 Å². The van der Waals surface area contributed by atoms with E-state index in [0.29, 0.717) is 0 Å². The molecule has 1 atom stereocenters. The van der Waals surface area contributed by atoms with Crippen LogP contribution in [0.3, 0.4) is 0 Å². The van der Waals surface area contributed by atoms with E-state index in [4.69, 9.17) is 0 Å². The Morgan fingerprint density at radius 1 is 1.15 bits per heavy atom. The molecule has 1 unspecified atom stereocenters. The van der Waals surface area contributed by atoms with E-state index in [-0.39, 0.29) is 11.4 Å². The zero-order valence-corrected chi connectivity index (χ0v) is 9.43. The molecule has 3 nitrogen and oxygen atoms in total. The Morgan fingerprint density at radius 3 is 1.77 bits per heavy atom. The van der Waals surface area contributed by atoms with Crippen molar-refractivity contribution < 1.29 is 9.90 Å². The summed E-state index contributed by atoms with van der Waals surface area (Å²) in [6, 6.07) is 0. The Morgan fingerprint density at radius 2 is 1.54 bits per heavy atom. The first-order valence-corrected chi connectivity index (χ1v) is 4.54. The molecule has 0 bridgehead atoms. The maximum atomic E-state index is 11.4. The molecule has 0 radical (unpaired) electrons. The highest BCUT2D eigenvalue weighted by Crippen LogP contribution is 2.19. The molecule has 0 fully saturated rings. The van der Waals surface area contributed by atoms with Crippen molar-refractivity contribution >= 4 is 5.91 Å². The molecule has 0 saturated carbocycles. The second kappa shape index (κ2) is 3.66. The molecule has 0 aromatic heterocycles. The van der Waals surface area contributed by atoms with Gasteiger partial charge in [0, 0.05) is 5.54 Å². The lowest BCUT2D eigenvalue weighted by Gasteiger charge is -2.29. The fourth-order valence-corrected chi connectivity index (χ4v) is 0.831. The van der Waals surface area contributed by atoms with Crippen molar-refractivity contribution in [3.63, 3.8) is 0 Å². The van der Waals surface area contributed by atoms with E-state index < -0.39 is 11.5 Å². The molecule has 0 aromatic rings. The van der Waals surface area contributed by atoms with Crippen molar-refractivity contribution in [2.45, 2.75) is 53.2 Å². The molecule has 13 heavy (non-hydrogen) atoms. The van der Waals surface area contributed by atoms with Crippen LogP contribution < -0.4 is 5.32 Å². The van der Waals surface area contributed by atoms with Crippen molar-refractivity contribution in [3.8, 4) is 0 Å². The van der Waals surface area contributed by atoms with E-state index in [1.165, 1.54) is 0 Å². The van der Waals surface area contributed by atoms with Crippen molar-refractivity contribution in [1.82, 2.24) is 5.32 Å². The standard InChI is InChI=1S/C10H21NO2/c1-9(2,3)7(12)8(13)11-10(4,5)6/h7,12H,1-6H3,(H,11,13). The number of aliphatic hydroxyl groups excluding tert-OH is 1. The van der Waals surface area contributed by atoms with Gasteiger partial charge >= 0.3 is 0 Å². The highest BCUT2D eigenvalue weighted by atomic mass is 16.3. The number of rotatable bonds is 1. The van der Waals surface area contributed by atoms with Crippen molar-refractivity contribution in [1.29, 1.82) is 0 Å². The van der Waals surface area contributed by atoms with E-state index in [0.717, 1.165) is 0 Å². The maximum Gasteiger partial charge on any atom is 0.249 e. The topological polar surface area (TPSA) is 49.3 Å². The van der Waals surface area contributed by atoms with Crippen LogP contribution >= 0.6 is 0 Å². The highest BCUT2D eigenvalue weighted by molar-refractivity contribution is 5.81. The SMILES string of the molecule is CC(C)(C)NC(=O)C(O)C(C)(C)C. The minimum Gasteiger partial charge on any atom is -0.383 e. The quantitative estimate of drug-likeness (QED) is 0.650. The number of hydrogen-bond donors (Lipinski definition) is 2. The van der Waals surface area contributed by atoms with Crippen LogP contribution in [0.2, 0.25) is 0 Å². The van der Waals surface area contributed by atoms with E-state index in [9.17, 15) is 9.90 Å². The fraction of sp³-hybridized carbons (Fsp3) is 0.900. The third-order valence-electron chi connectivity index (χ3n) is 1.57. The molecule has 0 aliphatic rings. The van der Waals surface area contributed by atoms with Gasteiger partial charge in [0.15, 0.2) is 0 Å². The number of hydrogen-bond acceptors (Lipinski definition) is 2. The van der Waals surface area contributed by atoms with Gasteiger partial charge < -0.3 is 10.4 Å². The van der Waals surface area contributed by atoms with Crippen LogP contribution in [0.15, 0.2) is 0 Å². The Balaban J connectivity index is 4.30. The van der Waals surface area contributed by atoms with Gasteiger partial charge in [-0.2, -0.15) is 0 Å². The molecule has 2 N–H and O–H groups in total. The van der Waals surface area contributed by atoms with Gasteiger partial charge in [-0.25, -0.2) is 0 Å². The van der Waals surface area contributed by atoms with E-state index in [1.54, 1.807) is 0 Å². The predicted molar refractivity (Wildman–Crippen MR) is 53.4 cm³/mol. The molecule has 3 heteroatoms. The van der Waals surface area contributed by atoms with Gasteiger partial charge in [0.2, 0.25) is 5.91 Å². The molecule has 0 aliphatic heterocycles. The Kier molecular flexibility index (Phi) is 3.50. The first-order valence-electron chi connectivity index (χ1n) is 4.54. The first-order chi connectivity index (χ1) is 5.54. The molecular weight excluding hydrogens is 166 g/mol. The molecule has 0 spiro atoms. The number of carbonyl (C=O) groups excluding carboxylic acids is 1. The zero-order valence-electron chi connectivity index (χ0n) is 9.43. The van der Waals surface area contributed by atoms with Gasteiger partial charge in [-0.1, -0.05) is 20.8 Å². The largest absolute Gasteiger partial charge is 0.383 e. The average molecular weight is 187 g/mol. The zero-order chi connectivity index (χ0) is 10.9. The number of aliphatic hydroxyl groups is 1. The van der Waals surface area contributed by atoms with Gasteiger partial charge in [-0.05, 0) is 26.2 Å². The highest BCUT2D eigenvalue weighted by Gasteiger charge is 2.30. The van der Waals surface area contributed by atoms with Gasteiger partial charge in [0.1, 0.15) is 6.10 Å². The minimum atomic E-state index is -0.952. The molecule has 78 valence electrons. The summed E-state index contributed by atoms with van der Waals surface area (Å²) in [6.07, 6.45) is -0.952. The molecule has 1 amide bonds. The minimum absolute atomic E-state index is 0.288. The monoisotopic (exact) mass is 187 g/mol. The predicted octanol–water partition coefficient (Wildman–Crippen LogP) is 1.31. The molecule has 0 rings (SSSR count). The summed E-state index contributed by atoms with van der Waals surface area (Å²) in [5.41, 5.74) is -0.696. The third-order valence-corrected chi connectivity index (χ3v) is 1.57. The van der Waals surface area contributed by atoms with Crippen molar-refractivity contribution in [2.75, 3.05) is 0 Å². The lowest BCUT2D eigenvalue weighted by molar-refractivity contribution is -0.136. The van der Waals surface area contributed by atoms with Crippen molar-refractivity contribution in [2.24, 2.45) is 5.41 Å². The summed E-state index contributed by atoms with van der Waals surface area (Å²) in [6.45, 7) is 11.2. The maximum absolute atomic E-state index is 11.4. The number of carbonyl (C=O) groups is 1. The summed E-state index contributed by atoms with van der Waals surface area (Å²) in [5.74, 6) is -0.306. The van der Waals surface area contributed by atoms with Crippen LogP contribution in [-0.2, 0) is 4.79 Å². The number of amides is 1. The van der Waals surface area contributed by atoms with Crippen LogP contribution in [0.25, 0.3) is 0 Å². The summed E-state index contributed by atoms with van der Waals surface area (Å²) < 4.78 is 0. The van der Waals surface area contributed by atoms with Crippen LogP contribution in [0.5, 0.6) is 0 Å². The van der Waals surface area contributed by atoms with Crippen LogP contribution in [0.1, 0.15) is 41.5 Å². The smallest absolute Gasteiger partial charge is 0.249 e. The van der Waals surface area contributed by atoms with Crippen molar-refractivity contribution in [3.05, 3.63) is 0 Å². The normalized spacial score (nSPS) is 15.3. The van der Waals surface area contributed by atoms with Gasteiger partial charge in [0.05, 0.1) is 0 Å².